The van der Waals surface area contributed by atoms with Crippen LogP contribution in [0.15, 0.2) is 51.2 Å². The van der Waals surface area contributed by atoms with Crippen LogP contribution in [0, 0.1) is 28.1 Å². The van der Waals surface area contributed by atoms with Gasteiger partial charge in [0.15, 0.2) is 0 Å². The van der Waals surface area contributed by atoms with E-state index in [4.69, 9.17) is 10.5 Å². The number of allylic oxidation sites excluding steroid dienone is 1. The summed E-state index contributed by atoms with van der Waals surface area (Å²) >= 11 is 3.32. The van der Waals surface area contributed by atoms with Gasteiger partial charge in [0.2, 0.25) is 0 Å². The predicted molar refractivity (Wildman–Crippen MR) is 71.7 cm³/mol. The van der Waals surface area contributed by atoms with Crippen molar-refractivity contribution in [3.8, 4) is 12.1 Å². The first-order chi connectivity index (χ1) is 8.49. The highest BCUT2D eigenvalue weighted by atomic mass is 79.9. The Morgan fingerprint density at radius 3 is 2.39 bits per heavy atom. The molecule has 1 aromatic carbocycles. The molecule has 0 aromatic heterocycles. The van der Waals surface area contributed by atoms with Crippen LogP contribution >= 0.6 is 15.9 Å². The quantitative estimate of drug-likeness (QED) is 0.769. The molecule has 0 saturated heterocycles. The third-order valence-electron chi connectivity index (χ3n) is 2.18. The Kier molecular flexibility index (Phi) is 4.76. The number of nitriles is 2. The number of halogens is 1. The van der Waals surface area contributed by atoms with Crippen molar-refractivity contribution in [2.45, 2.75) is 13.3 Å². The molecule has 1 rings (SSSR count). The molecule has 5 heteroatoms. The molecule has 0 unspecified atom stereocenters. The van der Waals surface area contributed by atoms with Gasteiger partial charge >= 0.3 is 0 Å². The lowest BCUT2D eigenvalue weighted by Crippen LogP contribution is -2.10. The van der Waals surface area contributed by atoms with Crippen LogP contribution in [-0.4, -0.2) is 0 Å². The Morgan fingerprint density at radius 1 is 1.33 bits per heavy atom. The lowest BCUT2D eigenvalue weighted by atomic mass is 9.89. The number of hydrogen-bond donors (Lipinski definition) is 0. The van der Waals surface area contributed by atoms with Crippen LogP contribution in [0.1, 0.15) is 13.3 Å². The van der Waals surface area contributed by atoms with E-state index in [9.17, 15) is 0 Å². The first-order valence-electron chi connectivity index (χ1n) is 5.17. The van der Waals surface area contributed by atoms with Gasteiger partial charge in [-0.25, -0.2) is 0 Å². The second-order valence-corrected chi connectivity index (χ2v) is 4.89. The van der Waals surface area contributed by atoms with Crippen LogP contribution < -0.4 is 0 Å². The van der Waals surface area contributed by atoms with Gasteiger partial charge in [-0.1, -0.05) is 22.5 Å². The average molecular weight is 303 g/mol. The summed E-state index contributed by atoms with van der Waals surface area (Å²) in [4.78, 5) is 0. The highest BCUT2D eigenvalue weighted by Crippen LogP contribution is 2.25. The lowest BCUT2D eigenvalue weighted by molar-refractivity contribution is 0.572. The highest BCUT2D eigenvalue weighted by Gasteiger charge is 2.24. The summed E-state index contributed by atoms with van der Waals surface area (Å²) in [6.45, 7) is 5.25. The first kappa shape index (κ1) is 14.1. The molecule has 0 atom stereocenters. The van der Waals surface area contributed by atoms with E-state index in [0.717, 1.165) is 4.47 Å². The van der Waals surface area contributed by atoms with E-state index in [1.54, 1.807) is 19.1 Å². The molecule has 0 aliphatic heterocycles. The zero-order chi connectivity index (χ0) is 13.6. The molecule has 0 fully saturated rings. The van der Waals surface area contributed by atoms with E-state index in [-0.39, 0.29) is 6.42 Å². The largest absolute Gasteiger partial charge is 0.197 e. The Morgan fingerprint density at radius 2 is 1.89 bits per heavy atom. The second kappa shape index (κ2) is 6.09. The zero-order valence-electron chi connectivity index (χ0n) is 9.89. The van der Waals surface area contributed by atoms with Crippen LogP contribution in [-0.2, 0) is 0 Å². The smallest absolute Gasteiger partial charge is 0.146 e. The predicted octanol–water partition coefficient (Wildman–Crippen LogP) is 4.49. The van der Waals surface area contributed by atoms with Crippen molar-refractivity contribution in [2.24, 2.45) is 15.6 Å². The van der Waals surface area contributed by atoms with Gasteiger partial charge in [-0.3, -0.25) is 0 Å². The van der Waals surface area contributed by atoms with Crippen molar-refractivity contribution in [1.82, 2.24) is 0 Å². The van der Waals surface area contributed by atoms with Gasteiger partial charge in [-0.2, -0.15) is 20.8 Å². The summed E-state index contributed by atoms with van der Waals surface area (Å²) in [6, 6.07) is 11.2. The van der Waals surface area contributed by atoms with E-state index in [1.165, 1.54) is 0 Å². The summed E-state index contributed by atoms with van der Waals surface area (Å²) in [5, 5.41) is 25.6. The minimum Gasteiger partial charge on any atom is -0.197 e. The van der Waals surface area contributed by atoms with E-state index >= 15 is 0 Å². The van der Waals surface area contributed by atoms with Crippen molar-refractivity contribution < 1.29 is 0 Å². The molecule has 4 nitrogen and oxygen atoms in total. The van der Waals surface area contributed by atoms with Crippen molar-refractivity contribution in [1.29, 1.82) is 10.5 Å². The third kappa shape index (κ3) is 4.12. The Balaban J connectivity index is 2.69. The van der Waals surface area contributed by atoms with E-state index in [2.05, 4.69) is 32.7 Å². The molecule has 0 aliphatic carbocycles. The minimum absolute atomic E-state index is 0.181. The van der Waals surface area contributed by atoms with Crippen LogP contribution in [0.25, 0.3) is 0 Å². The van der Waals surface area contributed by atoms with Crippen LogP contribution in [0.3, 0.4) is 0 Å². The summed E-state index contributed by atoms with van der Waals surface area (Å²) in [5.41, 5.74) is -0.00555. The molecule has 0 heterocycles. The normalized spacial score (nSPS) is 10.9. The van der Waals surface area contributed by atoms with E-state index in [0.29, 0.717) is 11.4 Å². The van der Waals surface area contributed by atoms with Crippen molar-refractivity contribution in [2.75, 3.05) is 0 Å². The first-order valence-corrected chi connectivity index (χ1v) is 5.96. The average Bonchev–Trinajstić information content (AvgIpc) is 2.38. The third-order valence-corrected chi connectivity index (χ3v) is 2.71. The Labute approximate surface area is 114 Å². The molecule has 18 heavy (non-hydrogen) atoms. The molecule has 0 spiro atoms. The fraction of sp³-hybridized carbons (Fsp3) is 0.231. The topological polar surface area (TPSA) is 72.3 Å². The van der Waals surface area contributed by atoms with Crippen LogP contribution in [0.2, 0.25) is 0 Å². The van der Waals surface area contributed by atoms with Gasteiger partial charge in [0, 0.05) is 10.9 Å². The summed E-state index contributed by atoms with van der Waals surface area (Å²) in [5.74, 6) is 0. The molecule has 0 bridgehead atoms. The lowest BCUT2D eigenvalue weighted by Gasteiger charge is -2.09. The van der Waals surface area contributed by atoms with Gasteiger partial charge in [0.05, 0.1) is 23.5 Å². The van der Waals surface area contributed by atoms with Gasteiger partial charge in [-0.05, 0) is 31.2 Å². The van der Waals surface area contributed by atoms with Gasteiger partial charge in [0.1, 0.15) is 5.41 Å². The molecular formula is C13H11BrN4. The number of hydrogen-bond acceptors (Lipinski definition) is 4. The van der Waals surface area contributed by atoms with Crippen molar-refractivity contribution >= 4 is 21.6 Å². The molecule has 90 valence electrons. The fourth-order valence-corrected chi connectivity index (χ4v) is 1.45. The maximum Gasteiger partial charge on any atom is 0.146 e. The zero-order valence-corrected chi connectivity index (χ0v) is 11.5. The van der Waals surface area contributed by atoms with Crippen LogP contribution in [0.4, 0.5) is 5.69 Å². The van der Waals surface area contributed by atoms with Gasteiger partial charge < -0.3 is 0 Å². The SMILES string of the molecule is C=C(CC(C)(C#N)C#N)N=Nc1ccc(Br)cc1. The number of benzene rings is 1. The Bertz CT molecular complexity index is 532. The Hall–Kier alpha value is -1.98. The molecule has 1 aromatic rings. The number of rotatable bonds is 4. The highest BCUT2D eigenvalue weighted by molar-refractivity contribution is 9.10. The van der Waals surface area contributed by atoms with Crippen molar-refractivity contribution in [3.63, 3.8) is 0 Å². The van der Waals surface area contributed by atoms with Gasteiger partial charge in [0.25, 0.3) is 0 Å². The summed E-state index contributed by atoms with van der Waals surface area (Å²) in [7, 11) is 0. The number of nitrogens with zero attached hydrogens (tertiary/aromatic N) is 4. The van der Waals surface area contributed by atoms with Gasteiger partial charge in [-0.15, -0.1) is 0 Å². The molecule has 0 amide bonds. The maximum atomic E-state index is 8.86. The molecular weight excluding hydrogens is 292 g/mol. The van der Waals surface area contributed by atoms with Crippen molar-refractivity contribution in [3.05, 3.63) is 41.0 Å². The molecule has 0 N–H and O–H groups in total. The second-order valence-electron chi connectivity index (χ2n) is 3.98. The molecule has 0 saturated carbocycles. The fourth-order valence-electron chi connectivity index (χ4n) is 1.18. The summed E-state index contributed by atoms with van der Waals surface area (Å²) in [6.07, 6.45) is 0.181. The monoisotopic (exact) mass is 302 g/mol. The summed E-state index contributed by atoms with van der Waals surface area (Å²) < 4.78 is 0.960. The maximum absolute atomic E-state index is 8.86. The van der Waals surface area contributed by atoms with E-state index in [1.807, 2.05) is 24.3 Å². The molecule has 0 radical (unpaired) electrons. The minimum atomic E-state index is -1.10. The standard InChI is InChI=1S/C13H11BrN4/c1-10(7-13(2,8-15)9-16)17-18-12-5-3-11(14)4-6-12/h3-6H,1,7H2,2H3. The number of azo groups is 1. The molecule has 0 aliphatic rings. The van der Waals surface area contributed by atoms with Crippen LogP contribution in [0.5, 0.6) is 0 Å². The van der Waals surface area contributed by atoms with E-state index < -0.39 is 5.41 Å².